The first-order valence-corrected chi connectivity index (χ1v) is 12.3. The third kappa shape index (κ3) is 16.4. The second-order valence-corrected chi connectivity index (χ2v) is 7.88. The monoisotopic (exact) mass is 463 g/mol. The van der Waals surface area contributed by atoms with Crippen LogP contribution in [0.5, 0.6) is 11.5 Å². The van der Waals surface area contributed by atoms with Crippen LogP contribution in [0.3, 0.4) is 0 Å². The molecular formula is C30H41NO3. The molecule has 0 fully saturated rings. The Kier molecular flexibility index (Phi) is 17.2. The maximum Gasteiger partial charge on any atom is 0.220 e. The molecule has 1 aromatic rings. The molecule has 0 saturated carbocycles. The highest BCUT2D eigenvalue weighted by Crippen LogP contribution is 2.24. The minimum atomic E-state index is -0.138. The van der Waals surface area contributed by atoms with E-state index in [4.69, 9.17) is 0 Å². The molecule has 0 heterocycles. The quantitative estimate of drug-likeness (QED) is 0.168. The molecule has 34 heavy (non-hydrogen) atoms. The Hall–Kier alpha value is -3.27. The van der Waals surface area contributed by atoms with Crippen molar-refractivity contribution in [3.8, 4) is 11.5 Å². The fraction of sp³-hybridized carbons (Fsp3) is 0.367. The number of phenolic OH excluding ortho intramolecular Hbond substituents is 2. The third-order valence-corrected chi connectivity index (χ3v) is 4.91. The molecule has 0 atom stereocenters. The zero-order valence-electron chi connectivity index (χ0n) is 20.5. The normalized spacial score (nSPS) is 12.5. The maximum absolute atomic E-state index is 11.9. The van der Waals surface area contributed by atoms with Gasteiger partial charge in [0.25, 0.3) is 0 Å². The number of hydrogen-bond acceptors (Lipinski definition) is 3. The van der Waals surface area contributed by atoms with Crippen molar-refractivity contribution < 1.29 is 15.0 Å². The summed E-state index contributed by atoms with van der Waals surface area (Å²) < 4.78 is 0. The van der Waals surface area contributed by atoms with Gasteiger partial charge in [-0.15, -0.1) is 0 Å². The molecule has 4 nitrogen and oxygen atoms in total. The van der Waals surface area contributed by atoms with Gasteiger partial charge in [-0.1, -0.05) is 85.9 Å². The Labute approximate surface area is 205 Å². The molecular weight excluding hydrogens is 422 g/mol. The summed E-state index contributed by atoms with van der Waals surface area (Å²) in [7, 11) is 0. The minimum absolute atomic E-state index is 0.0162. The predicted molar refractivity (Wildman–Crippen MR) is 144 cm³/mol. The molecule has 1 rings (SSSR count). The van der Waals surface area contributed by atoms with Crippen molar-refractivity contribution >= 4 is 5.91 Å². The molecule has 1 amide bonds. The molecule has 4 heteroatoms. The van der Waals surface area contributed by atoms with Gasteiger partial charge >= 0.3 is 0 Å². The van der Waals surface area contributed by atoms with E-state index in [0.717, 1.165) is 50.5 Å². The van der Waals surface area contributed by atoms with Crippen molar-refractivity contribution in [3.63, 3.8) is 0 Å². The fourth-order valence-electron chi connectivity index (χ4n) is 3.01. The first-order chi connectivity index (χ1) is 16.6. The Morgan fingerprint density at radius 1 is 0.735 bits per heavy atom. The molecule has 0 spiro atoms. The van der Waals surface area contributed by atoms with Crippen LogP contribution in [0.4, 0.5) is 0 Å². The fourth-order valence-corrected chi connectivity index (χ4v) is 3.01. The molecule has 0 aliphatic carbocycles. The molecule has 1 aromatic carbocycles. The van der Waals surface area contributed by atoms with Gasteiger partial charge in [0.2, 0.25) is 5.91 Å². The number of carbonyl (C=O) groups is 1. The Morgan fingerprint density at radius 3 is 1.74 bits per heavy atom. The van der Waals surface area contributed by atoms with Crippen molar-refractivity contribution in [1.29, 1.82) is 0 Å². The van der Waals surface area contributed by atoms with E-state index in [0.29, 0.717) is 19.4 Å². The van der Waals surface area contributed by atoms with Crippen LogP contribution in [-0.4, -0.2) is 22.7 Å². The van der Waals surface area contributed by atoms with Crippen LogP contribution < -0.4 is 5.32 Å². The van der Waals surface area contributed by atoms with Gasteiger partial charge < -0.3 is 15.5 Å². The molecule has 0 aliphatic heterocycles. The van der Waals surface area contributed by atoms with Crippen molar-refractivity contribution in [3.05, 3.63) is 96.7 Å². The van der Waals surface area contributed by atoms with Crippen LogP contribution in [0, 0.1) is 0 Å². The number of allylic oxidation sites excluding steroid dienone is 12. The number of nitrogens with one attached hydrogen (secondary N) is 1. The van der Waals surface area contributed by atoms with Crippen molar-refractivity contribution in [2.24, 2.45) is 0 Å². The van der Waals surface area contributed by atoms with Gasteiger partial charge in [0.1, 0.15) is 0 Å². The summed E-state index contributed by atoms with van der Waals surface area (Å²) in [5.74, 6) is -0.256. The molecule has 0 radical (unpaired) electrons. The number of phenols is 2. The molecule has 0 unspecified atom stereocenters. The second kappa shape index (κ2) is 20.3. The Bertz CT molecular complexity index is 860. The van der Waals surface area contributed by atoms with E-state index in [-0.39, 0.29) is 17.4 Å². The highest BCUT2D eigenvalue weighted by atomic mass is 16.3. The highest BCUT2D eigenvalue weighted by Gasteiger charge is 2.02. The van der Waals surface area contributed by atoms with E-state index in [1.807, 2.05) is 6.08 Å². The summed E-state index contributed by atoms with van der Waals surface area (Å²) in [4.78, 5) is 11.9. The lowest BCUT2D eigenvalue weighted by Crippen LogP contribution is -2.25. The van der Waals surface area contributed by atoms with E-state index < -0.39 is 0 Å². The van der Waals surface area contributed by atoms with Crippen molar-refractivity contribution in [1.82, 2.24) is 5.32 Å². The Balaban J connectivity index is 2.00. The largest absolute Gasteiger partial charge is 0.504 e. The van der Waals surface area contributed by atoms with E-state index in [2.05, 4.69) is 79.1 Å². The van der Waals surface area contributed by atoms with Gasteiger partial charge in [0, 0.05) is 13.0 Å². The smallest absolute Gasteiger partial charge is 0.220 e. The van der Waals surface area contributed by atoms with Gasteiger partial charge in [-0.05, 0) is 69.1 Å². The zero-order chi connectivity index (χ0) is 24.7. The van der Waals surface area contributed by atoms with Crippen LogP contribution in [0.1, 0.15) is 63.9 Å². The van der Waals surface area contributed by atoms with E-state index in [1.165, 1.54) is 12.1 Å². The number of rotatable bonds is 17. The molecule has 184 valence electrons. The summed E-state index contributed by atoms with van der Waals surface area (Å²) in [6, 6.07) is 4.70. The summed E-state index contributed by atoms with van der Waals surface area (Å²) in [5.41, 5.74) is 0.868. The topological polar surface area (TPSA) is 69.6 Å². The molecule has 3 N–H and O–H groups in total. The summed E-state index contributed by atoms with van der Waals surface area (Å²) >= 11 is 0. The average Bonchev–Trinajstić information content (AvgIpc) is 2.83. The lowest BCUT2D eigenvalue weighted by atomic mass is 10.1. The van der Waals surface area contributed by atoms with Crippen LogP contribution >= 0.6 is 0 Å². The predicted octanol–water partition coefficient (Wildman–Crippen LogP) is 7.23. The molecule has 0 bridgehead atoms. The van der Waals surface area contributed by atoms with Gasteiger partial charge in [0.05, 0.1) is 0 Å². The first kappa shape index (κ1) is 28.8. The Morgan fingerprint density at radius 2 is 1.24 bits per heavy atom. The van der Waals surface area contributed by atoms with Crippen LogP contribution in [0.25, 0.3) is 0 Å². The third-order valence-electron chi connectivity index (χ3n) is 4.91. The maximum atomic E-state index is 11.9. The summed E-state index contributed by atoms with van der Waals surface area (Å²) in [6.07, 6.45) is 33.7. The lowest BCUT2D eigenvalue weighted by Gasteiger charge is -2.05. The number of amides is 1. The standard InChI is InChI=1S/C30H41NO3/c1-2-3-4-5-6-7-8-9-10-11-12-13-14-15-16-17-18-19-20-21-30(34)31-25-24-27-22-23-28(32)29(33)26-27/h3-4,6-7,9-10,12-13,15-16,18-19,22-23,26,32-33H,2,5,8,11,14,17,20-21,24-25H2,1H3,(H,31,34)/b4-3-,7-6-,10-9-,13-12-,16-15-,19-18-. The van der Waals surface area contributed by atoms with Crippen molar-refractivity contribution in [2.75, 3.05) is 6.54 Å². The van der Waals surface area contributed by atoms with Crippen LogP contribution in [-0.2, 0) is 11.2 Å². The molecule has 0 aromatic heterocycles. The second-order valence-electron chi connectivity index (χ2n) is 7.88. The number of carbonyl (C=O) groups excluding carboxylic acids is 1. The van der Waals surface area contributed by atoms with Crippen molar-refractivity contribution in [2.45, 2.75) is 64.7 Å². The first-order valence-electron chi connectivity index (χ1n) is 12.3. The average molecular weight is 464 g/mol. The molecule has 0 aliphatic rings. The van der Waals surface area contributed by atoms with E-state index >= 15 is 0 Å². The number of benzene rings is 1. The number of aromatic hydroxyl groups is 2. The SMILES string of the molecule is CC/C=C\C/C=C\C/C=C\C/C=C\C/C=C\C/C=C\CCC(=O)NCCc1ccc(O)c(O)c1. The molecule has 0 saturated heterocycles. The minimum Gasteiger partial charge on any atom is -0.504 e. The summed E-state index contributed by atoms with van der Waals surface area (Å²) in [6.45, 7) is 2.65. The highest BCUT2D eigenvalue weighted by molar-refractivity contribution is 5.75. The van der Waals surface area contributed by atoms with Crippen LogP contribution in [0.15, 0.2) is 91.1 Å². The lowest BCUT2D eigenvalue weighted by molar-refractivity contribution is -0.120. The summed E-state index contributed by atoms with van der Waals surface area (Å²) in [5, 5.41) is 21.7. The zero-order valence-corrected chi connectivity index (χ0v) is 20.5. The van der Waals surface area contributed by atoms with E-state index in [9.17, 15) is 15.0 Å². The van der Waals surface area contributed by atoms with E-state index in [1.54, 1.807) is 6.07 Å². The van der Waals surface area contributed by atoms with Crippen LogP contribution in [0.2, 0.25) is 0 Å². The van der Waals surface area contributed by atoms with Gasteiger partial charge in [-0.3, -0.25) is 4.79 Å². The van der Waals surface area contributed by atoms with Gasteiger partial charge in [0.15, 0.2) is 11.5 Å². The van der Waals surface area contributed by atoms with Gasteiger partial charge in [-0.25, -0.2) is 0 Å². The number of hydrogen-bond donors (Lipinski definition) is 3. The van der Waals surface area contributed by atoms with Gasteiger partial charge in [-0.2, -0.15) is 0 Å².